The molecule has 0 saturated carbocycles. The van der Waals surface area contributed by atoms with E-state index in [2.05, 4.69) is 21.4 Å². The van der Waals surface area contributed by atoms with E-state index in [0.717, 1.165) is 33.8 Å². The van der Waals surface area contributed by atoms with Gasteiger partial charge in [-0.15, -0.1) is 0 Å². The van der Waals surface area contributed by atoms with Gasteiger partial charge >= 0.3 is 0 Å². The second-order valence-corrected chi connectivity index (χ2v) is 6.75. The number of carbonyl (C=O) groups excluding carboxylic acids is 1. The Kier molecular flexibility index (Phi) is 4.20. The molecule has 0 saturated heterocycles. The minimum Gasteiger partial charge on any atom is -0.322 e. The van der Waals surface area contributed by atoms with E-state index >= 15 is 0 Å². The summed E-state index contributed by atoms with van der Waals surface area (Å²) in [6.07, 6.45) is 3.67. The maximum atomic E-state index is 12.6. The number of benzene rings is 2. The smallest absolute Gasteiger partial charge is 0.255 e. The maximum absolute atomic E-state index is 12.6. The van der Waals surface area contributed by atoms with Crippen LogP contribution in [-0.2, 0) is 0 Å². The number of rotatable bonds is 3. The highest BCUT2D eigenvalue weighted by Gasteiger charge is 2.12. The average Bonchev–Trinajstić information content (AvgIpc) is 2.98. The Labute approximate surface area is 157 Å². The van der Waals surface area contributed by atoms with Crippen molar-refractivity contribution in [2.45, 2.75) is 20.8 Å². The number of hydrogen-bond donors (Lipinski definition) is 1. The van der Waals surface area contributed by atoms with Crippen LogP contribution >= 0.6 is 0 Å². The zero-order valence-corrected chi connectivity index (χ0v) is 15.5. The minimum atomic E-state index is -0.118. The highest BCUT2D eigenvalue weighted by Crippen LogP contribution is 2.26. The Morgan fingerprint density at radius 2 is 1.78 bits per heavy atom. The predicted octanol–water partition coefficient (Wildman–Crippen LogP) is 4.57. The summed E-state index contributed by atoms with van der Waals surface area (Å²) < 4.78 is 1.95. The van der Waals surface area contributed by atoms with Gasteiger partial charge < -0.3 is 5.32 Å². The molecule has 27 heavy (non-hydrogen) atoms. The van der Waals surface area contributed by atoms with Crippen LogP contribution in [0.1, 0.15) is 27.2 Å². The summed E-state index contributed by atoms with van der Waals surface area (Å²) in [5.41, 5.74) is 6.35. The quantitative estimate of drug-likeness (QED) is 0.585. The molecule has 2 aromatic carbocycles. The molecule has 0 radical (unpaired) electrons. The fourth-order valence-electron chi connectivity index (χ4n) is 3.33. The fraction of sp³-hybridized carbons (Fsp3) is 0.136. The summed E-state index contributed by atoms with van der Waals surface area (Å²) in [6.45, 7) is 5.99. The van der Waals surface area contributed by atoms with Crippen molar-refractivity contribution in [2.75, 3.05) is 5.32 Å². The van der Waals surface area contributed by atoms with E-state index < -0.39 is 0 Å². The van der Waals surface area contributed by atoms with Gasteiger partial charge in [0.15, 0.2) is 0 Å². The van der Waals surface area contributed by atoms with Gasteiger partial charge in [-0.3, -0.25) is 9.20 Å². The number of fused-ring (bicyclic) bond motifs is 1. The third kappa shape index (κ3) is 3.31. The number of nitrogens with zero attached hydrogens (tertiary/aromatic N) is 3. The monoisotopic (exact) mass is 356 g/mol. The van der Waals surface area contributed by atoms with Crippen LogP contribution in [0.15, 0.2) is 60.9 Å². The molecule has 2 heterocycles. The average molecular weight is 356 g/mol. The number of imidazole rings is 1. The second-order valence-electron chi connectivity index (χ2n) is 6.75. The number of anilines is 1. The van der Waals surface area contributed by atoms with Crippen LogP contribution < -0.4 is 5.32 Å². The van der Waals surface area contributed by atoms with E-state index in [-0.39, 0.29) is 5.91 Å². The van der Waals surface area contributed by atoms with Crippen molar-refractivity contribution in [3.05, 3.63) is 83.3 Å². The molecule has 1 amide bonds. The zero-order chi connectivity index (χ0) is 19.0. The second kappa shape index (κ2) is 6.68. The molecule has 0 aliphatic heterocycles. The number of aromatic nitrogens is 3. The number of carbonyl (C=O) groups is 1. The number of aryl methyl sites for hydroxylation is 3. The SMILES string of the molecule is Cc1cc(C)cc(C(=O)Nc2cccc(-c3nc4ncccn4c3C)c2)c1. The number of hydrogen-bond acceptors (Lipinski definition) is 3. The van der Waals surface area contributed by atoms with Crippen molar-refractivity contribution in [1.29, 1.82) is 0 Å². The zero-order valence-electron chi connectivity index (χ0n) is 15.5. The van der Waals surface area contributed by atoms with E-state index in [1.807, 2.05) is 73.8 Å². The molecule has 0 aliphatic rings. The molecule has 5 heteroatoms. The highest BCUT2D eigenvalue weighted by atomic mass is 16.1. The van der Waals surface area contributed by atoms with Gasteiger partial charge in [-0.2, -0.15) is 0 Å². The van der Waals surface area contributed by atoms with Gasteiger partial charge in [0.1, 0.15) is 0 Å². The summed E-state index contributed by atoms with van der Waals surface area (Å²) in [5.74, 6) is 0.544. The molecule has 4 rings (SSSR count). The lowest BCUT2D eigenvalue weighted by Gasteiger charge is -2.08. The molecule has 2 aromatic heterocycles. The first-order valence-corrected chi connectivity index (χ1v) is 8.81. The predicted molar refractivity (Wildman–Crippen MR) is 107 cm³/mol. The van der Waals surface area contributed by atoms with Crippen molar-refractivity contribution in [3.63, 3.8) is 0 Å². The van der Waals surface area contributed by atoms with E-state index in [1.165, 1.54) is 0 Å². The van der Waals surface area contributed by atoms with E-state index in [9.17, 15) is 4.79 Å². The molecule has 0 bridgehead atoms. The molecule has 0 atom stereocenters. The van der Waals surface area contributed by atoms with E-state index in [0.29, 0.717) is 11.3 Å². The molecule has 0 aliphatic carbocycles. The van der Waals surface area contributed by atoms with E-state index in [4.69, 9.17) is 0 Å². The van der Waals surface area contributed by atoms with Crippen LogP contribution in [0.5, 0.6) is 0 Å². The molecule has 4 aromatic rings. The van der Waals surface area contributed by atoms with Gasteiger partial charge in [-0.25, -0.2) is 9.97 Å². The minimum absolute atomic E-state index is 0.118. The highest BCUT2D eigenvalue weighted by molar-refractivity contribution is 6.04. The van der Waals surface area contributed by atoms with Crippen molar-refractivity contribution >= 4 is 17.4 Å². The molecule has 0 spiro atoms. The summed E-state index contributed by atoms with van der Waals surface area (Å²) in [5, 5.41) is 2.99. The van der Waals surface area contributed by atoms with Crippen LogP contribution in [-0.4, -0.2) is 20.3 Å². The Morgan fingerprint density at radius 1 is 1.00 bits per heavy atom. The van der Waals surface area contributed by atoms with Gasteiger partial charge in [0.25, 0.3) is 5.91 Å². The van der Waals surface area contributed by atoms with Crippen LogP contribution in [0, 0.1) is 20.8 Å². The fourth-order valence-corrected chi connectivity index (χ4v) is 3.33. The Hall–Kier alpha value is -3.47. The molecule has 0 unspecified atom stereocenters. The van der Waals surface area contributed by atoms with Crippen LogP contribution in [0.2, 0.25) is 0 Å². The number of nitrogens with one attached hydrogen (secondary N) is 1. The van der Waals surface area contributed by atoms with Crippen molar-refractivity contribution in [2.24, 2.45) is 0 Å². The Bertz CT molecular complexity index is 1140. The summed E-state index contributed by atoms with van der Waals surface area (Å²) in [7, 11) is 0. The molecule has 134 valence electrons. The summed E-state index contributed by atoms with van der Waals surface area (Å²) >= 11 is 0. The van der Waals surface area contributed by atoms with Crippen LogP contribution in [0.3, 0.4) is 0 Å². The van der Waals surface area contributed by atoms with Crippen molar-refractivity contribution in [3.8, 4) is 11.3 Å². The summed E-state index contributed by atoms with van der Waals surface area (Å²) in [4.78, 5) is 21.6. The number of amides is 1. The van der Waals surface area contributed by atoms with Gasteiger partial charge in [0.05, 0.1) is 5.69 Å². The first-order chi connectivity index (χ1) is 13.0. The molecular weight excluding hydrogens is 336 g/mol. The third-order valence-electron chi connectivity index (χ3n) is 4.52. The van der Waals surface area contributed by atoms with Crippen molar-refractivity contribution < 1.29 is 4.79 Å². The lowest BCUT2D eigenvalue weighted by molar-refractivity contribution is 0.102. The summed E-state index contributed by atoms with van der Waals surface area (Å²) in [6, 6.07) is 15.4. The van der Waals surface area contributed by atoms with Crippen molar-refractivity contribution in [1.82, 2.24) is 14.4 Å². The molecule has 5 nitrogen and oxygen atoms in total. The van der Waals surface area contributed by atoms with Crippen LogP contribution in [0.25, 0.3) is 17.0 Å². The van der Waals surface area contributed by atoms with Gasteiger partial charge in [-0.05, 0) is 51.1 Å². The first kappa shape index (κ1) is 17.0. The largest absolute Gasteiger partial charge is 0.322 e. The standard InChI is InChI=1S/C22H20N4O/c1-14-10-15(2)12-18(11-14)21(27)24-19-7-4-6-17(13-19)20-16(3)26-9-5-8-23-22(26)25-20/h4-13H,1-3H3,(H,24,27). The topological polar surface area (TPSA) is 59.3 Å². The third-order valence-corrected chi connectivity index (χ3v) is 4.52. The van der Waals surface area contributed by atoms with Gasteiger partial charge in [0, 0.05) is 34.9 Å². The Balaban J connectivity index is 1.66. The first-order valence-electron chi connectivity index (χ1n) is 8.81. The van der Waals surface area contributed by atoms with Crippen LogP contribution in [0.4, 0.5) is 5.69 Å². The lowest BCUT2D eigenvalue weighted by atomic mass is 10.1. The molecule has 1 N–H and O–H groups in total. The van der Waals surface area contributed by atoms with E-state index in [1.54, 1.807) is 6.20 Å². The van der Waals surface area contributed by atoms with Gasteiger partial charge in [-0.1, -0.05) is 29.3 Å². The molecular formula is C22H20N4O. The van der Waals surface area contributed by atoms with Gasteiger partial charge in [0.2, 0.25) is 5.78 Å². The molecule has 0 fully saturated rings. The maximum Gasteiger partial charge on any atom is 0.255 e. The lowest BCUT2D eigenvalue weighted by Crippen LogP contribution is -2.12. The Morgan fingerprint density at radius 3 is 2.52 bits per heavy atom. The normalized spacial score (nSPS) is 10.9.